The van der Waals surface area contributed by atoms with E-state index >= 15 is 0 Å². The molecule has 25 heavy (non-hydrogen) atoms. The van der Waals surface area contributed by atoms with Crippen molar-refractivity contribution >= 4 is 26.6 Å². The number of rotatable bonds is 6. The molecule has 0 bridgehead atoms. The summed E-state index contributed by atoms with van der Waals surface area (Å²) in [4.78, 5) is 2.96. The topological polar surface area (TPSA) is 75.1 Å². The van der Waals surface area contributed by atoms with Crippen molar-refractivity contribution in [3.05, 3.63) is 40.8 Å². The number of hydrogen-bond donors (Lipinski definition) is 0. The van der Waals surface area contributed by atoms with E-state index in [2.05, 4.69) is 43.9 Å². The van der Waals surface area contributed by atoms with E-state index < -0.39 is 22.2 Å². The molecule has 0 aromatic heterocycles. The van der Waals surface area contributed by atoms with Gasteiger partial charge in [-0.1, -0.05) is 0 Å². The number of nitrogens with zero attached hydrogens (tertiary/aromatic N) is 3. The Labute approximate surface area is 156 Å². The van der Waals surface area contributed by atoms with Crippen LogP contribution in [-0.4, -0.2) is 34.8 Å². The molecular weight excluding hydrogens is 397 g/mol. The second kappa shape index (κ2) is 8.15. The van der Waals surface area contributed by atoms with Gasteiger partial charge in [0.2, 0.25) is 0 Å². The fraction of sp³-hybridized carbons (Fsp3) is 0.667. The van der Waals surface area contributed by atoms with Crippen LogP contribution in [0, 0.1) is 5.92 Å². The van der Waals surface area contributed by atoms with Crippen molar-refractivity contribution in [3.8, 4) is 0 Å². The molecule has 0 saturated heterocycles. The third-order valence-corrected chi connectivity index (χ3v) is 13.8. The van der Waals surface area contributed by atoms with Crippen molar-refractivity contribution in [2.24, 2.45) is 11.0 Å². The van der Waals surface area contributed by atoms with E-state index in [-0.39, 0.29) is 15.9 Å². The van der Waals surface area contributed by atoms with Crippen molar-refractivity contribution < 1.29 is 8.26 Å². The third-order valence-electron chi connectivity index (χ3n) is 5.51. The summed E-state index contributed by atoms with van der Waals surface area (Å²) in [5.74, 6) is 0.318. The van der Waals surface area contributed by atoms with E-state index in [4.69, 9.17) is 9.96 Å². The van der Waals surface area contributed by atoms with Crippen LogP contribution < -0.4 is 4.46 Å². The Morgan fingerprint density at radius 1 is 1.28 bits per heavy atom. The molecule has 2 rings (SSSR count). The summed E-state index contributed by atoms with van der Waals surface area (Å²) in [6.45, 7) is 11.9. The molecule has 0 heterocycles. The van der Waals surface area contributed by atoms with Crippen molar-refractivity contribution in [3.63, 3.8) is 0 Å². The summed E-state index contributed by atoms with van der Waals surface area (Å²) < 4.78 is 20.3. The van der Waals surface area contributed by atoms with Crippen molar-refractivity contribution in [2.45, 2.75) is 62.6 Å². The van der Waals surface area contributed by atoms with E-state index in [0.29, 0.717) is 12.5 Å². The molecule has 0 amide bonds. The Bertz CT molecular complexity index is 654. The van der Waals surface area contributed by atoms with Gasteiger partial charge in [0, 0.05) is 0 Å². The molecule has 1 saturated carbocycles. The van der Waals surface area contributed by atoms with Crippen LogP contribution in [0.2, 0.25) is 22.9 Å². The molecular formula is C18H29N3O2SeSi. The fourth-order valence-corrected chi connectivity index (χ4v) is 7.50. The molecule has 1 aromatic carbocycles. The van der Waals surface area contributed by atoms with Crippen LogP contribution in [0.25, 0.3) is 10.4 Å². The van der Waals surface area contributed by atoms with Crippen LogP contribution in [-0.2, 0) is 8.26 Å². The van der Waals surface area contributed by atoms with E-state index in [1.807, 2.05) is 30.3 Å². The molecule has 1 aromatic rings. The van der Waals surface area contributed by atoms with Gasteiger partial charge in [-0.3, -0.25) is 0 Å². The molecule has 1 aliphatic carbocycles. The van der Waals surface area contributed by atoms with Crippen molar-refractivity contribution in [1.82, 2.24) is 0 Å². The monoisotopic (exact) mass is 427 g/mol. The van der Waals surface area contributed by atoms with Crippen molar-refractivity contribution in [1.29, 1.82) is 0 Å². The van der Waals surface area contributed by atoms with Crippen LogP contribution >= 0.6 is 0 Å². The predicted octanol–water partition coefficient (Wildman–Crippen LogP) is 4.80. The normalized spacial score (nSPS) is 25.4. The number of hydrogen-bond acceptors (Lipinski definition) is 3. The van der Waals surface area contributed by atoms with Crippen LogP contribution in [0.5, 0.6) is 0 Å². The summed E-state index contributed by atoms with van der Waals surface area (Å²) in [5, 5.41) is 4.14. The summed E-state index contributed by atoms with van der Waals surface area (Å²) in [7, 11) is -1.80. The molecule has 0 N–H and O–H groups in total. The third kappa shape index (κ3) is 5.02. The summed E-state index contributed by atoms with van der Waals surface area (Å²) in [5.41, 5.74) is 8.89. The Morgan fingerprint density at radius 3 is 2.48 bits per heavy atom. The maximum absolute atomic E-state index is 13.0. The van der Waals surface area contributed by atoms with Gasteiger partial charge in [-0.25, -0.2) is 0 Å². The Morgan fingerprint density at radius 2 is 1.92 bits per heavy atom. The van der Waals surface area contributed by atoms with Gasteiger partial charge in [0.25, 0.3) is 0 Å². The fourth-order valence-electron chi connectivity index (χ4n) is 2.90. The van der Waals surface area contributed by atoms with Gasteiger partial charge < -0.3 is 0 Å². The van der Waals surface area contributed by atoms with Gasteiger partial charge in [0.15, 0.2) is 0 Å². The first-order chi connectivity index (χ1) is 11.7. The van der Waals surface area contributed by atoms with Crippen LogP contribution in [0.15, 0.2) is 35.4 Å². The van der Waals surface area contributed by atoms with Crippen LogP contribution in [0.3, 0.4) is 0 Å². The maximum atomic E-state index is 13.0. The van der Waals surface area contributed by atoms with E-state index in [1.165, 1.54) is 0 Å². The number of benzene rings is 1. The standard InChI is InChI=1S/C18H29N3O2SeSi/c1-18(2,3)25(4,5)23-13-14-11-16(20-21-19)17(12-14)24(22)15-9-7-6-8-10-15/h6-10,14,16-17H,11-13H2,1-5H3/t14-,16+,17+,24?/m0/s1. The zero-order valence-corrected chi connectivity index (χ0v) is 18.5. The summed E-state index contributed by atoms with van der Waals surface area (Å²) in [6.07, 6.45) is 1.60. The average molecular weight is 426 g/mol. The SMILES string of the molecule is CC(C)(C)[Si](C)(C)OC[C@@H]1C[C@@H]([Se](=O)c2ccccc2)[C@H](N=[N+]=[N-])C1. The average Bonchev–Trinajstić information content (AvgIpc) is 2.95. The zero-order chi connectivity index (χ0) is 18.7. The molecule has 138 valence electrons. The van der Waals surface area contributed by atoms with Gasteiger partial charge >= 0.3 is 156 Å². The summed E-state index contributed by atoms with van der Waals surface area (Å²) >= 11 is -2.25. The molecule has 0 radical (unpaired) electrons. The molecule has 7 heteroatoms. The molecule has 4 atom stereocenters. The minimum absolute atomic E-state index is 0.0358. The van der Waals surface area contributed by atoms with Crippen LogP contribution in [0.1, 0.15) is 33.6 Å². The van der Waals surface area contributed by atoms with E-state index in [0.717, 1.165) is 17.3 Å². The van der Waals surface area contributed by atoms with E-state index in [1.54, 1.807) is 0 Å². The Kier molecular flexibility index (Phi) is 6.63. The molecule has 1 unspecified atom stereocenters. The Hall–Kier alpha value is -0.974. The van der Waals surface area contributed by atoms with Gasteiger partial charge in [-0.05, 0) is 0 Å². The van der Waals surface area contributed by atoms with Crippen LogP contribution in [0.4, 0.5) is 0 Å². The number of azide groups is 1. The van der Waals surface area contributed by atoms with Gasteiger partial charge in [-0.15, -0.1) is 0 Å². The van der Waals surface area contributed by atoms with Gasteiger partial charge in [0.05, 0.1) is 0 Å². The second-order valence-electron chi connectivity index (χ2n) is 8.33. The quantitative estimate of drug-likeness (QED) is 0.284. The van der Waals surface area contributed by atoms with E-state index in [9.17, 15) is 3.83 Å². The van der Waals surface area contributed by atoms with Crippen molar-refractivity contribution in [2.75, 3.05) is 6.61 Å². The second-order valence-corrected chi connectivity index (χ2v) is 16.6. The molecule has 0 spiro atoms. The molecule has 0 aliphatic heterocycles. The van der Waals surface area contributed by atoms with Gasteiger partial charge in [-0.2, -0.15) is 0 Å². The first-order valence-electron chi connectivity index (χ1n) is 8.79. The minimum atomic E-state index is -2.25. The molecule has 5 nitrogen and oxygen atoms in total. The zero-order valence-electron chi connectivity index (χ0n) is 15.8. The first-order valence-corrected chi connectivity index (χ1v) is 14.2. The summed E-state index contributed by atoms with van der Waals surface area (Å²) in [6, 6.07) is 9.42. The molecule has 1 aliphatic rings. The van der Waals surface area contributed by atoms with Gasteiger partial charge in [0.1, 0.15) is 0 Å². The first kappa shape index (κ1) is 20.3. The predicted molar refractivity (Wildman–Crippen MR) is 105 cm³/mol. The Balaban J connectivity index is 2.07. The molecule has 1 fully saturated rings.